The highest BCUT2D eigenvalue weighted by molar-refractivity contribution is 5.92. The fourth-order valence-corrected chi connectivity index (χ4v) is 1.39. The molecule has 0 bridgehead atoms. The number of rotatable bonds is 6. The molecule has 0 atom stereocenters. The number of hydrogen-bond donors (Lipinski definition) is 1. The van der Waals surface area contributed by atoms with Gasteiger partial charge in [-0.05, 0) is 18.1 Å². The topological polar surface area (TPSA) is 62.1 Å². The molecule has 1 aromatic rings. The van der Waals surface area contributed by atoms with Crippen molar-refractivity contribution >= 4 is 11.6 Å². The zero-order valence-electron chi connectivity index (χ0n) is 10.8. The monoisotopic (exact) mass is 246 g/mol. The molecule has 0 heterocycles. The Morgan fingerprint density at radius 2 is 2.17 bits per heavy atom. The highest BCUT2D eigenvalue weighted by Crippen LogP contribution is 2.13. The van der Waals surface area contributed by atoms with Crippen LogP contribution in [-0.2, 0) is 9.53 Å². The van der Waals surface area contributed by atoms with E-state index in [4.69, 9.17) is 10.00 Å². The molecule has 1 rings (SSSR count). The first kappa shape index (κ1) is 14.2. The quantitative estimate of drug-likeness (QED) is 0.785. The van der Waals surface area contributed by atoms with Gasteiger partial charge >= 0.3 is 0 Å². The number of carbonyl (C=O) groups is 1. The van der Waals surface area contributed by atoms with Crippen molar-refractivity contribution in [2.24, 2.45) is 5.92 Å². The Morgan fingerprint density at radius 3 is 2.83 bits per heavy atom. The molecule has 0 aromatic heterocycles. The first-order chi connectivity index (χ1) is 8.63. The van der Waals surface area contributed by atoms with E-state index in [0.29, 0.717) is 36.8 Å². The van der Waals surface area contributed by atoms with E-state index >= 15 is 0 Å². The molecular formula is C14H18N2O2. The van der Waals surface area contributed by atoms with Crippen LogP contribution in [0.5, 0.6) is 0 Å². The molecule has 4 heteroatoms. The molecule has 18 heavy (non-hydrogen) atoms. The Hall–Kier alpha value is -1.86. The van der Waals surface area contributed by atoms with Crippen LogP contribution in [0, 0.1) is 17.2 Å². The Balaban J connectivity index is 2.38. The van der Waals surface area contributed by atoms with Crippen molar-refractivity contribution in [1.82, 2.24) is 0 Å². The van der Waals surface area contributed by atoms with Gasteiger partial charge in [-0.2, -0.15) is 5.26 Å². The lowest BCUT2D eigenvalue weighted by Crippen LogP contribution is -2.15. The Labute approximate surface area is 108 Å². The summed E-state index contributed by atoms with van der Waals surface area (Å²) in [5.74, 6) is 0.328. The minimum absolute atomic E-state index is 0.138. The van der Waals surface area contributed by atoms with Gasteiger partial charge in [0.05, 0.1) is 24.3 Å². The van der Waals surface area contributed by atoms with Crippen LogP contribution >= 0.6 is 0 Å². The summed E-state index contributed by atoms with van der Waals surface area (Å²) in [6.45, 7) is 5.17. The van der Waals surface area contributed by atoms with Gasteiger partial charge in [0.1, 0.15) is 6.07 Å². The molecule has 1 aromatic carbocycles. The summed E-state index contributed by atoms with van der Waals surface area (Å²) in [5.41, 5.74) is 1.02. The summed E-state index contributed by atoms with van der Waals surface area (Å²) in [7, 11) is 0. The van der Waals surface area contributed by atoms with E-state index < -0.39 is 0 Å². The number of amides is 1. The third-order valence-corrected chi connectivity index (χ3v) is 2.25. The number of nitrogens with zero attached hydrogens (tertiary/aromatic N) is 1. The minimum atomic E-state index is -0.138. The molecular weight excluding hydrogens is 228 g/mol. The summed E-state index contributed by atoms with van der Waals surface area (Å²) in [6, 6.07) is 8.97. The fraction of sp³-hybridized carbons (Fsp3) is 0.429. The van der Waals surface area contributed by atoms with Gasteiger partial charge in [-0.15, -0.1) is 0 Å². The van der Waals surface area contributed by atoms with Crippen molar-refractivity contribution in [3.63, 3.8) is 0 Å². The van der Waals surface area contributed by atoms with Crippen LogP contribution in [0.4, 0.5) is 5.69 Å². The number of benzene rings is 1. The van der Waals surface area contributed by atoms with Gasteiger partial charge in [-0.25, -0.2) is 0 Å². The maximum Gasteiger partial charge on any atom is 0.226 e. The molecule has 0 aliphatic carbocycles. The molecule has 0 saturated heterocycles. The van der Waals surface area contributed by atoms with E-state index in [0.717, 1.165) is 0 Å². The zero-order chi connectivity index (χ0) is 13.4. The Kier molecular flexibility index (Phi) is 5.89. The van der Waals surface area contributed by atoms with Crippen molar-refractivity contribution in [3.8, 4) is 6.07 Å². The molecule has 0 aliphatic rings. The van der Waals surface area contributed by atoms with Crippen LogP contribution in [0.25, 0.3) is 0 Å². The standard InChI is InChI=1S/C14H18N2O2/c1-11(2)10-18-8-7-14(17)16-13-6-4-3-5-12(13)9-15/h3-6,11H,7-8,10H2,1-2H3,(H,16,17). The summed E-state index contributed by atoms with van der Waals surface area (Å²) in [4.78, 5) is 11.6. The lowest BCUT2D eigenvalue weighted by molar-refractivity contribution is -0.117. The van der Waals surface area contributed by atoms with Gasteiger partial charge in [0.25, 0.3) is 0 Å². The van der Waals surface area contributed by atoms with Crippen LogP contribution in [0.2, 0.25) is 0 Å². The summed E-state index contributed by atoms with van der Waals surface area (Å²) < 4.78 is 5.33. The predicted octanol–water partition coefficient (Wildman–Crippen LogP) is 2.56. The number of carbonyl (C=O) groups excluding carboxylic acids is 1. The van der Waals surface area contributed by atoms with E-state index in [1.165, 1.54) is 0 Å². The lowest BCUT2D eigenvalue weighted by atomic mass is 10.2. The van der Waals surface area contributed by atoms with Crippen molar-refractivity contribution in [2.75, 3.05) is 18.5 Å². The number of para-hydroxylation sites is 1. The normalized spacial score (nSPS) is 10.1. The van der Waals surface area contributed by atoms with Crippen molar-refractivity contribution in [3.05, 3.63) is 29.8 Å². The van der Waals surface area contributed by atoms with Gasteiger partial charge in [-0.1, -0.05) is 26.0 Å². The maximum atomic E-state index is 11.6. The largest absolute Gasteiger partial charge is 0.381 e. The molecule has 0 saturated carbocycles. The average Bonchev–Trinajstić information content (AvgIpc) is 2.35. The van der Waals surface area contributed by atoms with Gasteiger partial charge in [0.2, 0.25) is 5.91 Å². The number of nitrogens with one attached hydrogen (secondary N) is 1. The minimum Gasteiger partial charge on any atom is -0.381 e. The van der Waals surface area contributed by atoms with Crippen molar-refractivity contribution in [1.29, 1.82) is 5.26 Å². The molecule has 0 aliphatic heterocycles. The highest BCUT2D eigenvalue weighted by Gasteiger charge is 2.06. The van der Waals surface area contributed by atoms with Gasteiger partial charge in [0, 0.05) is 6.61 Å². The maximum absolute atomic E-state index is 11.6. The fourth-order valence-electron chi connectivity index (χ4n) is 1.39. The lowest BCUT2D eigenvalue weighted by Gasteiger charge is -2.08. The summed E-state index contributed by atoms with van der Waals surface area (Å²) >= 11 is 0. The molecule has 0 unspecified atom stereocenters. The number of hydrogen-bond acceptors (Lipinski definition) is 3. The van der Waals surface area contributed by atoms with Crippen molar-refractivity contribution < 1.29 is 9.53 Å². The van der Waals surface area contributed by atoms with Crippen LogP contribution < -0.4 is 5.32 Å². The molecule has 1 N–H and O–H groups in total. The molecule has 0 radical (unpaired) electrons. The van der Waals surface area contributed by atoms with Crippen LogP contribution in [0.3, 0.4) is 0 Å². The Morgan fingerprint density at radius 1 is 1.44 bits per heavy atom. The molecule has 96 valence electrons. The van der Waals surface area contributed by atoms with E-state index in [2.05, 4.69) is 19.2 Å². The summed E-state index contributed by atoms with van der Waals surface area (Å²) in [6.07, 6.45) is 0.298. The van der Waals surface area contributed by atoms with E-state index in [9.17, 15) is 4.79 Å². The second-order valence-electron chi connectivity index (χ2n) is 4.42. The third kappa shape index (κ3) is 4.98. The van der Waals surface area contributed by atoms with E-state index in [1.807, 2.05) is 6.07 Å². The summed E-state index contributed by atoms with van der Waals surface area (Å²) in [5, 5.41) is 11.6. The highest BCUT2D eigenvalue weighted by atomic mass is 16.5. The predicted molar refractivity (Wildman–Crippen MR) is 70.1 cm³/mol. The van der Waals surface area contributed by atoms with Gasteiger partial charge in [-0.3, -0.25) is 4.79 Å². The van der Waals surface area contributed by atoms with Crippen LogP contribution in [-0.4, -0.2) is 19.1 Å². The number of anilines is 1. The SMILES string of the molecule is CC(C)COCCC(=O)Nc1ccccc1C#N. The van der Waals surface area contributed by atoms with Gasteiger partial charge in [0.15, 0.2) is 0 Å². The molecule has 0 spiro atoms. The van der Waals surface area contributed by atoms with Crippen molar-refractivity contribution in [2.45, 2.75) is 20.3 Å². The van der Waals surface area contributed by atoms with Gasteiger partial charge < -0.3 is 10.1 Å². The molecule has 4 nitrogen and oxygen atoms in total. The third-order valence-electron chi connectivity index (χ3n) is 2.25. The average molecular weight is 246 g/mol. The molecule has 1 amide bonds. The number of ether oxygens (including phenoxy) is 1. The van der Waals surface area contributed by atoms with E-state index in [1.54, 1.807) is 24.3 Å². The second kappa shape index (κ2) is 7.46. The van der Waals surface area contributed by atoms with Crippen LogP contribution in [0.15, 0.2) is 24.3 Å². The first-order valence-electron chi connectivity index (χ1n) is 6.00. The first-order valence-corrected chi connectivity index (χ1v) is 6.00. The Bertz CT molecular complexity index is 436. The zero-order valence-corrected chi connectivity index (χ0v) is 10.8. The second-order valence-corrected chi connectivity index (χ2v) is 4.42. The number of nitriles is 1. The van der Waals surface area contributed by atoms with E-state index in [-0.39, 0.29) is 5.91 Å². The van der Waals surface area contributed by atoms with Crippen LogP contribution in [0.1, 0.15) is 25.8 Å². The molecule has 0 fully saturated rings. The smallest absolute Gasteiger partial charge is 0.226 e.